The van der Waals surface area contributed by atoms with Crippen LogP contribution in [0.2, 0.25) is 0 Å². The van der Waals surface area contributed by atoms with Crippen LogP contribution >= 0.6 is 0 Å². The molecule has 12 nitrogen and oxygen atoms in total. The molecule has 2 heterocycles. The van der Waals surface area contributed by atoms with Crippen LogP contribution in [-0.2, 0) is 40.6 Å². The van der Waals surface area contributed by atoms with Crippen LogP contribution in [0.3, 0.4) is 0 Å². The Morgan fingerprint density at radius 1 is 0.930 bits per heavy atom. The summed E-state index contributed by atoms with van der Waals surface area (Å²) in [4.78, 5) is 39.9. The van der Waals surface area contributed by atoms with E-state index in [1.54, 1.807) is 6.07 Å². The molecule has 4 rings (SSSR count). The average molecular weight is 598 g/mol. The van der Waals surface area contributed by atoms with Crippen molar-refractivity contribution in [1.82, 2.24) is 4.90 Å². The second-order valence-corrected chi connectivity index (χ2v) is 11.1. The highest BCUT2D eigenvalue weighted by Gasteiger charge is 2.58. The molecule has 0 saturated carbocycles. The van der Waals surface area contributed by atoms with Gasteiger partial charge in [0.1, 0.15) is 5.75 Å². The lowest BCUT2D eigenvalue weighted by Gasteiger charge is -2.47. The molecule has 0 fully saturated rings. The van der Waals surface area contributed by atoms with Gasteiger partial charge < -0.3 is 23.8 Å². The second kappa shape index (κ2) is 13.0. The first-order valence-corrected chi connectivity index (χ1v) is 14.0. The van der Waals surface area contributed by atoms with E-state index < -0.39 is 23.1 Å². The summed E-state index contributed by atoms with van der Waals surface area (Å²) >= 11 is 0. The first kappa shape index (κ1) is 31.8. The number of carbonyl (C=O) groups is 3. The van der Waals surface area contributed by atoms with Crippen molar-refractivity contribution in [3.8, 4) is 5.75 Å². The number of ether oxygens (including phenoxy) is 4. The Morgan fingerprint density at radius 2 is 1.58 bits per heavy atom. The highest BCUT2D eigenvalue weighted by atomic mass is 16.8. The van der Waals surface area contributed by atoms with E-state index in [0.29, 0.717) is 42.7 Å². The van der Waals surface area contributed by atoms with Crippen LogP contribution in [0.5, 0.6) is 5.75 Å². The maximum absolute atomic E-state index is 12.2. The lowest BCUT2D eigenvalue weighted by atomic mass is 9.76. The molecule has 0 aromatic heterocycles. The molecule has 0 bridgehead atoms. The molecule has 2 aromatic rings. The van der Waals surface area contributed by atoms with E-state index in [1.807, 2.05) is 30.4 Å². The van der Waals surface area contributed by atoms with Crippen molar-refractivity contribution >= 4 is 35.4 Å². The predicted molar refractivity (Wildman–Crippen MR) is 157 cm³/mol. The molecule has 0 amide bonds. The van der Waals surface area contributed by atoms with Crippen molar-refractivity contribution < 1.29 is 43.7 Å². The highest BCUT2D eigenvalue weighted by molar-refractivity contribution is 5.76. The van der Waals surface area contributed by atoms with Gasteiger partial charge in [0, 0.05) is 36.3 Å². The molecule has 2 aliphatic heterocycles. The lowest BCUT2D eigenvalue weighted by Crippen LogP contribution is -2.60. The maximum atomic E-state index is 12.2. The van der Waals surface area contributed by atoms with Gasteiger partial charge >= 0.3 is 17.9 Å². The Kier molecular flexibility index (Phi) is 9.63. The van der Waals surface area contributed by atoms with Crippen LogP contribution in [0.4, 0.5) is 11.4 Å². The first-order chi connectivity index (χ1) is 20.5. The average Bonchev–Trinajstić information content (AvgIpc) is 3.17. The van der Waals surface area contributed by atoms with Gasteiger partial charge in [0.25, 0.3) is 0 Å². The number of anilines is 2. The number of para-hydroxylation sites is 1. The van der Waals surface area contributed by atoms with E-state index in [4.69, 9.17) is 18.9 Å². The molecule has 1 atom stereocenters. The third-order valence-corrected chi connectivity index (χ3v) is 8.12. The third kappa shape index (κ3) is 6.31. The van der Waals surface area contributed by atoms with E-state index in [-0.39, 0.29) is 36.5 Å². The van der Waals surface area contributed by atoms with Crippen LogP contribution in [0.15, 0.2) is 42.5 Å². The molecular formula is C31H39N3O9. The minimum Gasteiger partial charge on any atom is -0.469 e. The quantitative estimate of drug-likeness (QED) is 0.160. The number of nitrogens with zero attached hydrogens (tertiary/aromatic N) is 3. The van der Waals surface area contributed by atoms with Crippen LogP contribution in [-0.4, -0.2) is 79.9 Å². The molecule has 232 valence electrons. The van der Waals surface area contributed by atoms with Crippen molar-refractivity contribution in [3.05, 3.63) is 59.2 Å². The van der Waals surface area contributed by atoms with Crippen LogP contribution in [0.1, 0.15) is 49.8 Å². The normalized spacial score (nSPS) is 17.7. The summed E-state index contributed by atoms with van der Waals surface area (Å²) in [5.41, 5.74) is 1.72. The number of esters is 3. The molecule has 0 aliphatic carbocycles. The fraction of sp³-hybridized carbons (Fsp3) is 0.452. The van der Waals surface area contributed by atoms with Gasteiger partial charge in [-0.3, -0.25) is 29.7 Å². The van der Waals surface area contributed by atoms with Gasteiger partial charge in [-0.2, -0.15) is 0 Å². The molecule has 0 radical (unpaired) electrons. The van der Waals surface area contributed by atoms with E-state index >= 15 is 0 Å². The number of hydrogen-bond donors (Lipinski definition) is 2. The number of benzene rings is 2. The molecule has 0 saturated heterocycles. The Labute approximate surface area is 250 Å². The molecule has 2 aliphatic rings. The molecule has 2 aromatic carbocycles. The summed E-state index contributed by atoms with van der Waals surface area (Å²) in [6, 6.07) is 11.2. The molecule has 2 N–H and O–H groups in total. The van der Waals surface area contributed by atoms with E-state index in [0.717, 1.165) is 11.3 Å². The summed E-state index contributed by atoms with van der Waals surface area (Å²) in [5.74, 6) is -0.899. The number of rotatable bonds is 12. The molecule has 1 unspecified atom stereocenters. The van der Waals surface area contributed by atoms with Crippen molar-refractivity contribution in [3.63, 3.8) is 0 Å². The van der Waals surface area contributed by atoms with E-state index in [9.17, 15) is 24.8 Å². The fourth-order valence-corrected chi connectivity index (χ4v) is 5.83. The number of methoxy groups -OCH3 is 3. The van der Waals surface area contributed by atoms with Crippen molar-refractivity contribution in [2.24, 2.45) is 0 Å². The maximum Gasteiger partial charge on any atom is 0.319 e. The smallest absolute Gasteiger partial charge is 0.319 e. The minimum absolute atomic E-state index is 0.00984. The predicted octanol–water partition coefficient (Wildman–Crippen LogP) is 3.66. The lowest BCUT2D eigenvalue weighted by molar-refractivity contribution is -0.146. The van der Waals surface area contributed by atoms with Gasteiger partial charge in [0.15, 0.2) is 0 Å². The number of hydrogen-bond acceptors (Lipinski definition) is 12. The Bertz CT molecular complexity index is 1370. The zero-order valence-electron chi connectivity index (χ0n) is 25.2. The summed E-state index contributed by atoms with van der Waals surface area (Å²) in [6.07, 6.45) is 5.50. The highest BCUT2D eigenvalue weighted by Crippen LogP contribution is 2.55. The van der Waals surface area contributed by atoms with Gasteiger partial charge in [-0.25, -0.2) is 0 Å². The zero-order valence-corrected chi connectivity index (χ0v) is 25.2. The largest absolute Gasteiger partial charge is 0.469 e. The third-order valence-electron chi connectivity index (χ3n) is 8.12. The van der Waals surface area contributed by atoms with Gasteiger partial charge in [0.05, 0.1) is 45.5 Å². The van der Waals surface area contributed by atoms with Crippen LogP contribution in [0, 0.1) is 0 Å². The second-order valence-electron chi connectivity index (χ2n) is 11.1. The summed E-state index contributed by atoms with van der Waals surface area (Å²) < 4.78 is 21.5. The topological polar surface area (TPSA) is 138 Å². The first-order valence-electron chi connectivity index (χ1n) is 14.0. The zero-order chi connectivity index (χ0) is 31.4. The summed E-state index contributed by atoms with van der Waals surface area (Å²) in [5, 5.41) is 19.8. The molecule has 1 spiro atoms. The Balaban J connectivity index is 1.77. The van der Waals surface area contributed by atoms with Crippen molar-refractivity contribution in [2.45, 2.75) is 50.8 Å². The molecular weight excluding hydrogens is 558 g/mol. The monoisotopic (exact) mass is 597 g/mol. The minimum atomic E-state index is -0.987. The summed E-state index contributed by atoms with van der Waals surface area (Å²) in [7, 11) is 3.89. The van der Waals surface area contributed by atoms with Gasteiger partial charge in [-0.15, -0.1) is 5.23 Å². The summed E-state index contributed by atoms with van der Waals surface area (Å²) in [6.45, 7) is 4.40. The number of unbranched alkanes of at least 4 members (excludes halogenated alkanes) is 1. The van der Waals surface area contributed by atoms with Gasteiger partial charge in [-0.1, -0.05) is 18.2 Å². The molecule has 12 heteroatoms. The van der Waals surface area contributed by atoms with Crippen LogP contribution < -0.4 is 14.9 Å². The Hall–Kier alpha value is -4.13. The van der Waals surface area contributed by atoms with Crippen molar-refractivity contribution in [2.75, 3.05) is 51.1 Å². The fourth-order valence-electron chi connectivity index (χ4n) is 5.83. The van der Waals surface area contributed by atoms with E-state index in [2.05, 4.69) is 24.8 Å². The Morgan fingerprint density at radius 3 is 2.21 bits per heavy atom. The van der Waals surface area contributed by atoms with Gasteiger partial charge in [0.2, 0.25) is 5.72 Å². The SMILES string of the molecule is COC(=O)CCCCN1c2ccccc2C(C)(C)C12C=Cc1cc(N(O)O)cc(CN(CC(=O)OC)CC(=O)OC)c1O2. The van der Waals surface area contributed by atoms with Crippen molar-refractivity contribution in [1.29, 1.82) is 0 Å². The van der Waals surface area contributed by atoms with Gasteiger partial charge in [-0.05, 0) is 62.6 Å². The van der Waals surface area contributed by atoms with Crippen LogP contribution in [0.25, 0.3) is 6.08 Å². The van der Waals surface area contributed by atoms with E-state index in [1.165, 1.54) is 32.3 Å². The number of carbonyl (C=O) groups excluding carboxylic acids is 3. The standard InChI is InChI=1S/C31H39N3O9/c1-30(2)24-10-6-7-11-25(24)33(15-9-8-12-26(35)40-3)31(30)14-13-21-16-23(34(38)39)17-22(29(21)43-31)18-32(19-27(36)41-4)20-28(37)42-5/h6-7,10-11,13-14,16-17,38-39H,8-9,12,15,18-20H2,1-5H3. The molecule has 43 heavy (non-hydrogen) atoms. The number of fused-ring (bicyclic) bond motifs is 2.